The molecule has 0 unspecified atom stereocenters. The highest BCUT2D eigenvalue weighted by molar-refractivity contribution is 5.76. The molecule has 0 spiro atoms. The van der Waals surface area contributed by atoms with Crippen molar-refractivity contribution >= 4 is 5.91 Å². The van der Waals surface area contributed by atoms with Crippen LogP contribution >= 0.6 is 0 Å². The second-order valence-electron chi connectivity index (χ2n) is 6.70. The van der Waals surface area contributed by atoms with Crippen molar-refractivity contribution in [3.05, 3.63) is 47.1 Å². The molecule has 0 aliphatic heterocycles. The number of rotatable bonds is 8. The average Bonchev–Trinajstić information content (AvgIpc) is 3.28. The van der Waals surface area contributed by atoms with Crippen molar-refractivity contribution < 1.29 is 14.1 Å². The van der Waals surface area contributed by atoms with Gasteiger partial charge in [0.05, 0.1) is 24.4 Å². The van der Waals surface area contributed by atoms with Gasteiger partial charge in [-0.05, 0) is 39.3 Å². The van der Waals surface area contributed by atoms with Gasteiger partial charge in [-0.2, -0.15) is 10.1 Å². The lowest BCUT2D eigenvalue weighted by atomic mass is 10.1. The highest BCUT2D eigenvalue weighted by Crippen LogP contribution is 2.27. The third kappa shape index (κ3) is 4.39. The van der Waals surface area contributed by atoms with E-state index >= 15 is 0 Å². The molecule has 3 rings (SSSR count). The average molecular weight is 383 g/mol. The molecule has 0 aliphatic carbocycles. The Morgan fingerprint density at radius 2 is 2.11 bits per heavy atom. The quantitative estimate of drug-likeness (QED) is 0.618. The van der Waals surface area contributed by atoms with Gasteiger partial charge in [-0.3, -0.25) is 9.89 Å². The van der Waals surface area contributed by atoms with Gasteiger partial charge in [0.1, 0.15) is 5.75 Å². The van der Waals surface area contributed by atoms with Gasteiger partial charge in [0.15, 0.2) is 0 Å². The number of carbonyl (C=O) groups excluding carboxylic acids is 1. The normalized spacial score (nSPS) is 12.0. The largest absolute Gasteiger partial charge is 0.496 e. The topological polar surface area (TPSA) is 106 Å². The maximum Gasteiger partial charge on any atom is 0.226 e. The van der Waals surface area contributed by atoms with Crippen molar-refractivity contribution in [3.8, 4) is 17.1 Å². The maximum atomic E-state index is 12.2. The van der Waals surface area contributed by atoms with E-state index in [1.54, 1.807) is 7.11 Å². The summed E-state index contributed by atoms with van der Waals surface area (Å²) >= 11 is 0. The lowest BCUT2D eigenvalue weighted by Gasteiger charge is -2.14. The number of nitrogens with zero attached hydrogens (tertiary/aromatic N) is 3. The Bertz CT molecular complexity index is 927. The number of methoxy groups -OCH3 is 1. The number of H-pyrrole nitrogens is 1. The first-order valence-electron chi connectivity index (χ1n) is 9.26. The molecular formula is C20H25N5O3. The van der Waals surface area contributed by atoms with Gasteiger partial charge in [0, 0.05) is 24.1 Å². The van der Waals surface area contributed by atoms with Crippen LogP contribution in [-0.4, -0.2) is 33.4 Å². The van der Waals surface area contributed by atoms with E-state index in [9.17, 15) is 4.79 Å². The fraction of sp³-hybridized carbons (Fsp3) is 0.400. The Morgan fingerprint density at radius 3 is 2.82 bits per heavy atom. The summed E-state index contributed by atoms with van der Waals surface area (Å²) in [6.07, 6.45) is 1.54. The van der Waals surface area contributed by atoms with E-state index in [-0.39, 0.29) is 11.9 Å². The highest BCUT2D eigenvalue weighted by Gasteiger charge is 2.17. The number of amides is 1. The monoisotopic (exact) mass is 383 g/mol. The van der Waals surface area contributed by atoms with E-state index < -0.39 is 0 Å². The maximum absolute atomic E-state index is 12.2. The van der Waals surface area contributed by atoms with Gasteiger partial charge >= 0.3 is 0 Å². The van der Waals surface area contributed by atoms with Gasteiger partial charge in [-0.25, -0.2) is 0 Å². The number of aryl methyl sites for hydroxylation is 3. The van der Waals surface area contributed by atoms with Crippen molar-refractivity contribution in [2.75, 3.05) is 7.11 Å². The first-order chi connectivity index (χ1) is 13.5. The second kappa shape index (κ2) is 8.69. The van der Waals surface area contributed by atoms with Crippen LogP contribution in [0.1, 0.15) is 48.6 Å². The SMILES string of the molecule is COc1ccccc1-c1noc(CCCC(=O)N[C@@H](C)c2c(C)n[nH]c2C)n1. The molecule has 8 heteroatoms. The molecular weight excluding hydrogens is 358 g/mol. The number of carbonyl (C=O) groups is 1. The molecule has 0 bridgehead atoms. The molecule has 3 aromatic rings. The lowest BCUT2D eigenvalue weighted by Crippen LogP contribution is -2.27. The van der Waals surface area contributed by atoms with Gasteiger partial charge in [-0.15, -0.1) is 0 Å². The van der Waals surface area contributed by atoms with Crippen LogP contribution in [0.3, 0.4) is 0 Å². The van der Waals surface area contributed by atoms with E-state index in [4.69, 9.17) is 9.26 Å². The fourth-order valence-corrected chi connectivity index (χ4v) is 3.28. The third-order valence-corrected chi connectivity index (χ3v) is 4.61. The molecule has 0 fully saturated rings. The molecule has 0 aliphatic rings. The molecule has 0 saturated heterocycles. The van der Waals surface area contributed by atoms with Crippen molar-refractivity contribution in [1.29, 1.82) is 0 Å². The number of ether oxygens (including phenoxy) is 1. The molecule has 8 nitrogen and oxygen atoms in total. The fourth-order valence-electron chi connectivity index (χ4n) is 3.28. The zero-order chi connectivity index (χ0) is 20.1. The van der Waals surface area contributed by atoms with Gasteiger partial charge in [0.2, 0.25) is 17.6 Å². The first-order valence-corrected chi connectivity index (χ1v) is 9.26. The summed E-state index contributed by atoms with van der Waals surface area (Å²) in [5.74, 6) is 1.66. The van der Waals surface area contributed by atoms with Crippen LogP contribution in [0.5, 0.6) is 5.75 Å². The number of hydrogen-bond donors (Lipinski definition) is 2. The lowest BCUT2D eigenvalue weighted by molar-refractivity contribution is -0.121. The van der Waals surface area contributed by atoms with Gasteiger partial charge in [0.25, 0.3) is 0 Å². The van der Waals surface area contributed by atoms with E-state index in [1.165, 1.54) is 0 Å². The van der Waals surface area contributed by atoms with Crippen LogP contribution in [0.4, 0.5) is 0 Å². The summed E-state index contributed by atoms with van der Waals surface area (Å²) in [6, 6.07) is 7.41. The van der Waals surface area contributed by atoms with Crippen molar-refractivity contribution in [2.24, 2.45) is 0 Å². The standard InChI is InChI=1S/C20H25N5O3/c1-12(19-13(2)23-24-14(19)3)21-17(26)10-7-11-18-22-20(25-28-18)15-8-5-6-9-16(15)27-4/h5-6,8-9,12H,7,10-11H2,1-4H3,(H,21,26)(H,23,24)/t12-/m0/s1. The molecule has 1 atom stereocenters. The van der Waals surface area contributed by atoms with Gasteiger partial charge in [-0.1, -0.05) is 17.3 Å². The minimum absolute atomic E-state index is 0.0167. The number of para-hydroxylation sites is 1. The number of benzene rings is 1. The first kappa shape index (κ1) is 19.6. The van der Waals surface area contributed by atoms with Crippen LogP contribution in [0, 0.1) is 13.8 Å². The van der Waals surface area contributed by atoms with Crippen LogP contribution in [0.25, 0.3) is 11.4 Å². The van der Waals surface area contributed by atoms with Gasteiger partial charge < -0.3 is 14.6 Å². The second-order valence-corrected chi connectivity index (χ2v) is 6.70. The summed E-state index contributed by atoms with van der Waals surface area (Å²) in [5.41, 5.74) is 3.68. The Balaban J connectivity index is 1.51. The Morgan fingerprint density at radius 1 is 1.32 bits per heavy atom. The Labute approximate surface area is 163 Å². The smallest absolute Gasteiger partial charge is 0.226 e. The number of aromatic nitrogens is 4. The Kier molecular flexibility index (Phi) is 6.08. The predicted molar refractivity (Wildman–Crippen MR) is 104 cm³/mol. The molecule has 2 aromatic heterocycles. The van der Waals surface area contributed by atoms with E-state index in [0.717, 1.165) is 22.5 Å². The minimum Gasteiger partial charge on any atom is -0.496 e. The van der Waals surface area contributed by atoms with Crippen LogP contribution in [-0.2, 0) is 11.2 Å². The van der Waals surface area contributed by atoms with E-state index in [2.05, 4.69) is 25.7 Å². The molecule has 1 amide bonds. The molecule has 0 saturated carbocycles. The van der Waals surface area contributed by atoms with Crippen LogP contribution in [0.2, 0.25) is 0 Å². The van der Waals surface area contributed by atoms with Crippen LogP contribution in [0.15, 0.2) is 28.8 Å². The molecule has 148 valence electrons. The molecule has 2 N–H and O–H groups in total. The molecule has 28 heavy (non-hydrogen) atoms. The number of aromatic amines is 1. The minimum atomic E-state index is -0.0909. The van der Waals surface area contributed by atoms with Crippen LogP contribution < -0.4 is 10.1 Å². The highest BCUT2D eigenvalue weighted by atomic mass is 16.5. The molecule has 1 aromatic carbocycles. The Hall–Kier alpha value is -3.16. The van der Waals surface area contributed by atoms with Crippen molar-refractivity contribution in [3.63, 3.8) is 0 Å². The third-order valence-electron chi connectivity index (χ3n) is 4.61. The van der Waals surface area contributed by atoms with Crippen molar-refractivity contribution in [1.82, 2.24) is 25.7 Å². The predicted octanol–water partition coefficient (Wildman–Crippen LogP) is 3.29. The zero-order valence-corrected chi connectivity index (χ0v) is 16.6. The summed E-state index contributed by atoms with van der Waals surface area (Å²) in [4.78, 5) is 16.7. The number of hydrogen-bond acceptors (Lipinski definition) is 6. The van der Waals surface area contributed by atoms with E-state index in [0.29, 0.717) is 36.7 Å². The zero-order valence-electron chi connectivity index (χ0n) is 16.6. The summed E-state index contributed by atoms with van der Waals surface area (Å²) < 4.78 is 10.6. The number of nitrogens with one attached hydrogen (secondary N) is 2. The molecule has 2 heterocycles. The summed E-state index contributed by atoms with van der Waals surface area (Å²) in [5, 5.41) is 14.1. The molecule has 0 radical (unpaired) electrons. The van der Waals surface area contributed by atoms with E-state index in [1.807, 2.05) is 45.0 Å². The summed E-state index contributed by atoms with van der Waals surface area (Å²) in [7, 11) is 1.60. The summed E-state index contributed by atoms with van der Waals surface area (Å²) in [6.45, 7) is 5.84. The van der Waals surface area contributed by atoms with Crippen molar-refractivity contribution in [2.45, 2.75) is 46.1 Å².